The number of cyclic esters (lactones) is 1. The van der Waals surface area contributed by atoms with Gasteiger partial charge in [-0.05, 0) is 53.5 Å². The van der Waals surface area contributed by atoms with Gasteiger partial charge in [-0.2, -0.15) is 0 Å². The van der Waals surface area contributed by atoms with Crippen LogP contribution in [-0.4, -0.2) is 28.3 Å². The zero-order chi connectivity index (χ0) is 22.7. The molecule has 1 aliphatic rings. The van der Waals surface area contributed by atoms with Gasteiger partial charge in [0.05, 0.1) is 23.9 Å². The lowest BCUT2D eigenvalue weighted by Gasteiger charge is -2.24. The van der Waals surface area contributed by atoms with Crippen molar-refractivity contribution < 1.29 is 19.0 Å². The van der Waals surface area contributed by atoms with Gasteiger partial charge in [-0.1, -0.05) is 50.3 Å². The molecule has 3 aromatic rings. The summed E-state index contributed by atoms with van der Waals surface area (Å²) >= 11 is 0. The first-order valence-electron chi connectivity index (χ1n) is 10.8. The molecule has 2 heterocycles. The van der Waals surface area contributed by atoms with E-state index in [9.17, 15) is 14.3 Å². The fourth-order valence-electron chi connectivity index (χ4n) is 3.95. The summed E-state index contributed by atoms with van der Waals surface area (Å²) in [6, 6.07) is 18.3. The molecule has 0 amide bonds. The number of halogens is 1. The van der Waals surface area contributed by atoms with Gasteiger partial charge in [0.15, 0.2) is 0 Å². The molecule has 0 spiro atoms. The third-order valence-electron chi connectivity index (χ3n) is 5.53. The van der Waals surface area contributed by atoms with Crippen LogP contribution >= 0.6 is 0 Å². The van der Waals surface area contributed by atoms with E-state index in [0.717, 1.165) is 33.6 Å². The van der Waals surface area contributed by atoms with Gasteiger partial charge in [0.25, 0.3) is 0 Å². The molecular weight excluding hydrogens is 405 g/mol. The molecule has 0 bridgehead atoms. The van der Waals surface area contributed by atoms with Crippen LogP contribution in [0.4, 0.5) is 4.39 Å². The van der Waals surface area contributed by atoms with Crippen molar-refractivity contribution in [3.63, 3.8) is 0 Å². The van der Waals surface area contributed by atoms with Crippen LogP contribution in [0, 0.1) is 5.82 Å². The van der Waals surface area contributed by atoms with Crippen molar-refractivity contribution in [2.24, 2.45) is 0 Å². The average Bonchev–Trinajstić information content (AvgIpc) is 2.77. The molecule has 0 radical (unpaired) electrons. The molecule has 32 heavy (non-hydrogen) atoms. The number of carbonyl (C=O) groups excluding carboxylic acids is 1. The number of aliphatic hydroxyl groups is 1. The Labute approximate surface area is 187 Å². The van der Waals surface area contributed by atoms with E-state index in [1.54, 1.807) is 12.1 Å². The number of benzene rings is 2. The minimum atomic E-state index is -0.692. The molecule has 164 valence electrons. The van der Waals surface area contributed by atoms with Gasteiger partial charge in [0, 0.05) is 17.5 Å². The molecule has 4 nitrogen and oxygen atoms in total. The largest absolute Gasteiger partial charge is 0.458 e. The van der Waals surface area contributed by atoms with Crippen LogP contribution in [0.5, 0.6) is 0 Å². The topological polar surface area (TPSA) is 59.4 Å². The standard InChI is InChI=1S/C27H26FNO3/c1-17(2)27-23(13-12-22-14-21(30)15-26(31)32-22)24(18-6-4-3-5-7-18)16-25(29-27)19-8-10-20(28)11-9-19/h3-13,16-17,21-22,30H,14-15H2,1-2H3/b13-12+/t21-,22-/m1/s1. The summed E-state index contributed by atoms with van der Waals surface area (Å²) in [6.07, 6.45) is 3.00. The van der Waals surface area contributed by atoms with E-state index in [1.165, 1.54) is 12.1 Å². The molecular formula is C27H26FNO3. The molecule has 2 aromatic carbocycles. The summed E-state index contributed by atoms with van der Waals surface area (Å²) in [4.78, 5) is 16.7. The number of aromatic nitrogens is 1. The van der Waals surface area contributed by atoms with Crippen LogP contribution in [0.25, 0.3) is 28.5 Å². The van der Waals surface area contributed by atoms with Crippen LogP contribution < -0.4 is 0 Å². The van der Waals surface area contributed by atoms with Crippen molar-refractivity contribution in [1.29, 1.82) is 0 Å². The van der Waals surface area contributed by atoms with Crippen LogP contribution in [0.15, 0.2) is 66.7 Å². The molecule has 1 saturated heterocycles. The average molecular weight is 432 g/mol. The maximum Gasteiger partial charge on any atom is 0.309 e. The second-order valence-electron chi connectivity index (χ2n) is 8.36. The second kappa shape index (κ2) is 9.45. The molecule has 2 atom stereocenters. The van der Waals surface area contributed by atoms with Crippen LogP contribution in [0.1, 0.15) is 43.9 Å². The maximum absolute atomic E-state index is 13.5. The lowest BCUT2D eigenvalue weighted by Crippen LogP contribution is -2.31. The summed E-state index contributed by atoms with van der Waals surface area (Å²) in [5.74, 6) is -0.558. The fourth-order valence-corrected chi connectivity index (χ4v) is 3.95. The van der Waals surface area contributed by atoms with Gasteiger partial charge in [0.2, 0.25) is 0 Å². The van der Waals surface area contributed by atoms with Crippen molar-refractivity contribution >= 4 is 12.0 Å². The number of pyridine rings is 1. The smallest absolute Gasteiger partial charge is 0.309 e. The highest BCUT2D eigenvalue weighted by Crippen LogP contribution is 2.34. The maximum atomic E-state index is 13.5. The lowest BCUT2D eigenvalue weighted by molar-refractivity contribution is -0.156. The number of hydrogen-bond donors (Lipinski definition) is 1. The summed E-state index contributed by atoms with van der Waals surface area (Å²) in [5, 5.41) is 9.93. The zero-order valence-corrected chi connectivity index (χ0v) is 18.2. The molecule has 0 unspecified atom stereocenters. The molecule has 0 aliphatic carbocycles. The van der Waals surface area contributed by atoms with E-state index in [-0.39, 0.29) is 18.2 Å². The Bertz CT molecular complexity index is 1120. The summed E-state index contributed by atoms with van der Waals surface area (Å²) in [7, 11) is 0. The first-order valence-corrected chi connectivity index (χ1v) is 10.8. The van der Waals surface area contributed by atoms with Crippen molar-refractivity contribution in [1.82, 2.24) is 4.98 Å². The Kier molecular flexibility index (Phi) is 6.47. The second-order valence-corrected chi connectivity index (χ2v) is 8.36. The molecule has 4 rings (SSSR count). The van der Waals surface area contributed by atoms with Gasteiger partial charge in [0.1, 0.15) is 11.9 Å². The molecule has 5 heteroatoms. The number of ether oxygens (including phenoxy) is 1. The van der Waals surface area contributed by atoms with Crippen LogP contribution in [-0.2, 0) is 9.53 Å². The summed E-state index contributed by atoms with van der Waals surface area (Å²) < 4.78 is 18.9. The molecule has 1 aromatic heterocycles. The number of aliphatic hydroxyl groups excluding tert-OH is 1. The quantitative estimate of drug-likeness (QED) is 0.522. The number of carbonyl (C=O) groups is 1. The molecule has 1 aliphatic heterocycles. The van der Waals surface area contributed by atoms with E-state index in [1.807, 2.05) is 48.6 Å². The summed E-state index contributed by atoms with van der Waals surface area (Å²) in [5.41, 5.74) is 5.45. The third-order valence-corrected chi connectivity index (χ3v) is 5.53. The normalized spacial score (nSPS) is 18.8. The van der Waals surface area contributed by atoms with E-state index >= 15 is 0 Å². The summed E-state index contributed by atoms with van der Waals surface area (Å²) in [6.45, 7) is 4.15. The number of esters is 1. The Morgan fingerprint density at radius 3 is 2.47 bits per heavy atom. The minimum Gasteiger partial charge on any atom is -0.458 e. The van der Waals surface area contributed by atoms with E-state index < -0.39 is 18.2 Å². The Hall–Kier alpha value is -3.31. The van der Waals surface area contributed by atoms with Crippen molar-refractivity contribution in [2.45, 2.75) is 44.8 Å². The number of nitrogens with zero attached hydrogens (tertiary/aromatic N) is 1. The van der Waals surface area contributed by atoms with E-state index in [2.05, 4.69) is 13.8 Å². The first kappa shape index (κ1) is 21.9. The predicted octanol–water partition coefficient (Wildman–Crippen LogP) is 5.76. The molecule has 1 fully saturated rings. The van der Waals surface area contributed by atoms with Gasteiger partial charge in [-0.25, -0.2) is 4.39 Å². The monoisotopic (exact) mass is 431 g/mol. The van der Waals surface area contributed by atoms with Crippen LogP contribution in [0.3, 0.4) is 0 Å². The van der Waals surface area contributed by atoms with Gasteiger partial charge in [-0.3, -0.25) is 9.78 Å². The lowest BCUT2D eigenvalue weighted by atomic mass is 9.91. The Morgan fingerprint density at radius 1 is 1.09 bits per heavy atom. The van der Waals surface area contributed by atoms with E-state index in [4.69, 9.17) is 9.72 Å². The van der Waals surface area contributed by atoms with Crippen LogP contribution in [0.2, 0.25) is 0 Å². The van der Waals surface area contributed by atoms with Crippen molar-refractivity contribution in [3.05, 3.63) is 83.8 Å². The highest BCUT2D eigenvalue weighted by atomic mass is 19.1. The first-order chi connectivity index (χ1) is 15.4. The third kappa shape index (κ3) is 4.94. The minimum absolute atomic E-state index is 0.0325. The molecule has 0 saturated carbocycles. The van der Waals surface area contributed by atoms with Crippen molar-refractivity contribution in [2.75, 3.05) is 0 Å². The number of hydrogen-bond acceptors (Lipinski definition) is 4. The molecule has 1 N–H and O–H groups in total. The fraction of sp³-hybridized carbons (Fsp3) is 0.259. The Morgan fingerprint density at radius 2 is 1.81 bits per heavy atom. The number of rotatable bonds is 5. The highest BCUT2D eigenvalue weighted by molar-refractivity contribution is 5.81. The van der Waals surface area contributed by atoms with Gasteiger partial charge in [-0.15, -0.1) is 0 Å². The van der Waals surface area contributed by atoms with Gasteiger partial charge >= 0.3 is 5.97 Å². The van der Waals surface area contributed by atoms with Crippen molar-refractivity contribution in [3.8, 4) is 22.4 Å². The highest BCUT2D eigenvalue weighted by Gasteiger charge is 2.25. The Balaban J connectivity index is 1.84. The van der Waals surface area contributed by atoms with E-state index in [0.29, 0.717) is 6.42 Å². The SMILES string of the molecule is CC(C)c1nc(-c2ccc(F)cc2)cc(-c2ccccc2)c1/C=C/[C@@H]1C[C@@H](O)CC(=O)O1. The predicted molar refractivity (Wildman–Crippen MR) is 123 cm³/mol. The zero-order valence-electron chi connectivity index (χ0n) is 18.2. The van der Waals surface area contributed by atoms with Gasteiger partial charge < -0.3 is 9.84 Å².